The number of benzene rings is 2. The molecule has 0 N–H and O–H groups in total. The van der Waals surface area contributed by atoms with Crippen LogP contribution in [0.5, 0.6) is 11.5 Å². The maximum absolute atomic E-state index is 12.7. The first-order valence-corrected chi connectivity index (χ1v) is 8.43. The summed E-state index contributed by atoms with van der Waals surface area (Å²) in [6.07, 6.45) is 0. The number of hydrogen-bond donors (Lipinski definition) is 0. The van der Waals surface area contributed by atoms with Crippen molar-refractivity contribution in [1.82, 2.24) is 0 Å². The van der Waals surface area contributed by atoms with Crippen molar-refractivity contribution in [2.75, 3.05) is 18.1 Å². The van der Waals surface area contributed by atoms with Gasteiger partial charge < -0.3 is 9.47 Å². The Morgan fingerprint density at radius 1 is 1.05 bits per heavy atom. The van der Waals surface area contributed by atoms with Crippen LogP contribution < -0.4 is 13.8 Å². The largest absolute Gasteiger partial charge is 0.454 e. The number of fused-ring (bicyclic) bond motifs is 1. The Balaban J connectivity index is 2.03. The van der Waals surface area contributed by atoms with Crippen molar-refractivity contribution >= 4 is 38.9 Å². The number of anilines is 1. The summed E-state index contributed by atoms with van der Waals surface area (Å²) in [4.78, 5) is -0.0539. The average molecular weight is 360 g/mol. The van der Waals surface area contributed by atoms with E-state index in [0.29, 0.717) is 22.2 Å². The van der Waals surface area contributed by atoms with Crippen LogP contribution >= 0.6 is 23.2 Å². The molecule has 0 spiro atoms. The normalized spacial score (nSPS) is 13.2. The summed E-state index contributed by atoms with van der Waals surface area (Å²) in [6, 6.07) is 9.18. The fraction of sp³-hybridized carbons (Fsp3) is 0.143. The third-order valence-electron chi connectivity index (χ3n) is 3.25. The second-order valence-electron chi connectivity index (χ2n) is 4.58. The summed E-state index contributed by atoms with van der Waals surface area (Å²) in [5.74, 6) is 1.08. The Labute approximate surface area is 138 Å². The lowest BCUT2D eigenvalue weighted by Crippen LogP contribution is -2.26. The van der Waals surface area contributed by atoms with Gasteiger partial charge in [0.05, 0.1) is 10.7 Å². The van der Waals surface area contributed by atoms with Crippen molar-refractivity contribution in [3.63, 3.8) is 0 Å². The van der Waals surface area contributed by atoms with Crippen LogP contribution in [0, 0.1) is 0 Å². The van der Waals surface area contributed by atoms with Crippen LogP contribution in [0.25, 0.3) is 0 Å². The summed E-state index contributed by atoms with van der Waals surface area (Å²) in [5, 5.41) is 0.402. The van der Waals surface area contributed by atoms with E-state index in [9.17, 15) is 8.42 Å². The van der Waals surface area contributed by atoms with Crippen LogP contribution in [0.15, 0.2) is 41.3 Å². The predicted octanol–water partition coefficient (Wildman–Crippen LogP) is 3.55. The molecule has 5 nitrogen and oxygen atoms in total. The van der Waals surface area contributed by atoms with E-state index in [1.54, 1.807) is 18.2 Å². The Hall–Kier alpha value is -1.63. The van der Waals surface area contributed by atoms with Crippen LogP contribution in [0.2, 0.25) is 10.0 Å². The molecule has 2 aromatic carbocycles. The standard InChI is InChI=1S/C14H11Cl2NO4S/c1-17(10-3-5-12-13(7-10)21-8-20-12)22(18,19)14-6-9(15)2-4-11(14)16/h2-7H,8H2,1H3. The van der Waals surface area contributed by atoms with E-state index in [1.165, 1.54) is 25.2 Å². The summed E-state index contributed by atoms with van der Waals surface area (Å²) in [5.41, 5.74) is 0.431. The number of nitrogens with zero attached hydrogens (tertiary/aromatic N) is 1. The van der Waals surface area contributed by atoms with Crippen molar-refractivity contribution in [1.29, 1.82) is 0 Å². The van der Waals surface area contributed by atoms with Crippen LogP contribution in [0.1, 0.15) is 0 Å². The molecule has 116 valence electrons. The summed E-state index contributed by atoms with van der Waals surface area (Å²) in [6.45, 7) is 0.120. The molecule has 0 atom stereocenters. The zero-order valence-corrected chi connectivity index (χ0v) is 13.7. The van der Waals surface area contributed by atoms with Crippen LogP contribution in [0.4, 0.5) is 5.69 Å². The van der Waals surface area contributed by atoms with E-state index in [0.717, 1.165) is 4.31 Å². The highest BCUT2D eigenvalue weighted by Gasteiger charge is 2.26. The number of hydrogen-bond acceptors (Lipinski definition) is 4. The molecule has 22 heavy (non-hydrogen) atoms. The number of ether oxygens (including phenoxy) is 2. The third-order valence-corrected chi connectivity index (χ3v) is 5.75. The molecule has 3 rings (SSSR count). The Morgan fingerprint density at radius 3 is 2.55 bits per heavy atom. The van der Waals surface area contributed by atoms with Crippen molar-refractivity contribution in [3.05, 3.63) is 46.4 Å². The van der Waals surface area contributed by atoms with Crippen LogP contribution in [-0.4, -0.2) is 22.3 Å². The minimum Gasteiger partial charge on any atom is -0.454 e. The fourth-order valence-electron chi connectivity index (χ4n) is 2.04. The first kappa shape index (κ1) is 15.3. The summed E-state index contributed by atoms with van der Waals surface area (Å²) < 4.78 is 37.0. The summed E-state index contributed by atoms with van der Waals surface area (Å²) >= 11 is 11.9. The van der Waals surface area contributed by atoms with Crippen LogP contribution in [-0.2, 0) is 10.0 Å². The van der Waals surface area contributed by atoms with Gasteiger partial charge in [0.25, 0.3) is 10.0 Å². The molecule has 0 radical (unpaired) electrons. The lowest BCUT2D eigenvalue weighted by molar-refractivity contribution is 0.174. The van der Waals surface area contributed by atoms with Gasteiger partial charge in [-0.2, -0.15) is 0 Å². The molecule has 0 saturated heterocycles. The molecule has 0 fully saturated rings. The highest BCUT2D eigenvalue weighted by molar-refractivity contribution is 7.93. The van der Waals surface area contributed by atoms with Gasteiger partial charge in [-0.3, -0.25) is 4.31 Å². The van der Waals surface area contributed by atoms with E-state index in [1.807, 2.05) is 0 Å². The smallest absolute Gasteiger partial charge is 0.265 e. The summed E-state index contributed by atoms with van der Waals surface area (Å²) in [7, 11) is -2.41. The van der Waals surface area contributed by atoms with Crippen molar-refractivity contribution in [3.8, 4) is 11.5 Å². The molecule has 0 saturated carbocycles. The average Bonchev–Trinajstić information content (AvgIpc) is 2.96. The minimum absolute atomic E-state index is 0.0539. The molecular formula is C14H11Cl2NO4S. The SMILES string of the molecule is CN(c1ccc2c(c1)OCO2)S(=O)(=O)c1cc(Cl)ccc1Cl. The zero-order chi connectivity index (χ0) is 15.9. The van der Waals surface area contributed by atoms with Crippen LogP contribution in [0.3, 0.4) is 0 Å². The highest BCUT2D eigenvalue weighted by atomic mass is 35.5. The van der Waals surface area contributed by atoms with Gasteiger partial charge in [0.2, 0.25) is 6.79 Å². The highest BCUT2D eigenvalue weighted by Crippen LogP contribution is 2.37. The molecule has 1 heterocycles. The molecule has 0 amide bonds. The lowest BCUT2D eigenvalue weighted by Gasteiger charge is -2.20. The van der Waals surface area contributed by atoms with Gasteiger partial charge in [0, 0.05) is 18.1 Å². The van der Waals surface area contributed by atoms with Gasteiger partial charge in [-0.15, -0.1) is 0 Å². The Bertz CT molecular complexity index is 839. The second-order valence-corrected chi connectivity index (χ2v) is 7.37. The molecule has 1 aliphatic heterocycles. The van der Waals surface area contributed by atoms with Gasteiger partial charge in [0.1, 0.15) is 4.90 Å². The minimum atomic E-state index is -3.84. The molecule has 1 aliphatic rings. The van der Waals surface area contributed by atoms with Crippen molar-refractivity contribution in [2.24, 2.45) is 0 Å². The van der Waals surface area contributed by atoms with Gasteiger partial charge in [0.15, 0.2) is 11.5 Å². The third kappa shape index (κ3) is 2.58. The van der Waals surface area contributed by atoms with Gasteiger partial charge in [-0.1, -0.05) is 23.2 Å². The van der Waals surface area contributed by atoms with E-state index < -0.39 is 10.0 Å². The van der Waals surface area contributed by atoms with Gasteiger partial charge in [-0.25, -0.2) is 8.42 Å². The first-order valence-electron chi connectivity index (χ1n) is 6.23. The maximum atomic E-state index is 12.7. The Morgan fingerprint density at radius 2 is 1.77 bits per heavy atom. The van der Waals surface area contributed by atoms with E-state index in [2.05, 4.69) is 0 Å². The van der Waals surface area contributed by atoms with Crippen molar-refractivity contribution < 1.29 is 17.9 Å². The van der Waals surface area contributed by atoms with E-state index in [-0.39, 0.29) is 16.7 Å². The molecule has 0 unspecified atom stereocenters. The second kappa shape index (κ2) is 5.53. The molecule has 0 aromatic heterocycles. The predicted molar refractivity (Wildman–Crippen MR) is 84.6 cm³/mol. The maximum Gasteiger partial charge on any atom is 0.265 e. The molecule has 0 aliphatic carbocycles. The van der Waals surface area contributed by atoms with Gasteiger partial charge >= 0.3 is 0 Å². The van der Waals surface area contributed by atoms with E-state index in [4.69, 9.17) is 32.7 Å². The van der Waals surface area contributed by atoms with Gasteiger partial charge in [-0.05, 0) is 30.3 Å². The monoisotopic (exact) mass is 359 g/mol. The quantitative estimate of drug-likeness (QED) is 0.840. The first-order chi connectivity index (χ1) is 10.4. The topological polar surface area (TPSA) is 55.8 Å². The number of rotatable bonds is 3. The molecule has 8 heteroatoms. The molecule has 2 aromatic rings. The molecular weight excluding hydrogens is 349 g/mol. The number of sulfonamides is 1. The molecule has 0 bridgehead atoms. The van der Waals surface area contributed by atoms with E-state index >= 15 is 0 Å². The zero-order valence-electron chi connectivity index (χ0n) is 11.4. The Kier molecular flexibility index (Phi) is 3.84. The van der Waals surface area contributed by atoms with Crippen molar-refractivity contribution in [2.45, 2.75) is 4.90 Å². The fourth-order valence-corrected chi connectivity index (χ4v) is 3.97. The lowest BCUT2D eigenvalue weighted by atomic mass is 10.3. The number of halogens is 2.